The van der Waals surface area contributed by atoms with Gasteiger partial charge in [-0.25, -0.2) is 8.78 Å². The van der Waals surface area contributed by atoms with E-state index < -0.39 is 23.4 Å². The molecule has 30 heavy (non-hydrogen) atoms. The molecule has 4 rings (SSSR count). The second kappa shape index (κ2) is 7.79. The number of hydrogen-bond donors (Lipinski definition) is 2. The van der Waals surface area contributed by atoms with Crippen LogP contribution in [0.2, 0.25) is 0 Å². The first kappa shape index (κ1) is 19.3. The molecule has 0 bridgehead atoms. The van der Waals surface area contributed by atoms with Gasteiger partial charge in [-0.15, -0.1) is 0 Å². The molecule has 0 aliphatic carbocycles. The minimum atomic E-state index is -1.09. The summed E-state index contributed by atoms with van der Waals surface area (Å²) in [6, 6.07) is 16.8. The van der Waals surface area contributed by atoms with Crippen molar-refractivity contribution < 1.29 is 22.8 Å². The molecule has 0 aliphatic heterocycles. The van der Waals surface area contributed by atoms with Gasteiger partial charge < -0.3 is 15.1 Å². The first-order valence-electron chi connectivity index (χ1n) is 9.08. The third kappa shape index (κ3) is 3.77. The summed E-state index contributed by atoms with van der Waals surface area (Å²) in [5.74, 6) is -3.39. The number of rotatable bonds is 4. The van der Waals surface area contributed by atoms with E-state index >= 15 is 0 Å². The number of anilines is 2. The SMILES string of the molecule is Cc1cccc(C(=O)Nc2c(C(=O)Nc3ccc(F)c(F)c3)oc3ccccc23)c1. The van der Waals surface area contributed by atoms with E-state index in [0.717, 1.165) is 17.7 Å². The van der Waals surface area contributed by atoms with Crippen LogP contribution in [0.15, 0.2) is 71.1 Å². The second-order valence-corrected chi connectivity index (χ2v) is 6.71. The first-order valence-corrected chi connectivity index (χ1v) is 9.08. The first-order chi connectivity index (χ1) is 14.4. The number of halogens is 2. The van der Waals surface area contributed by atoms with Gasteiger partial charge in [-0.3, -0.25) is 9.59 Å². The smallest absolute Gasteiger partial charge is 0.293 e. The molecule has 5 nitrogen and oxygen atoms in total. The van der Waals surface area contributed by atoms with Gasteiger partial charge in [0.15, 0.2) is 11.6 Å². The lowest BCUT2D eigenvalue weighted by Crippen LogP contribution is -2.17. The van der Waals surface area contributed by atoms with Gasteiger partial charge in [0.2, 0.25) is 5.76 Å². The van der Waals surface area contributed by atoms with Crippen molar-refractivity contribution in [2.75, 3.05) is 10.6 Å². The molecular formula is C23H16F2N2O3. The van der Waals surface area contributed by atoms with Crippen LogP contribution in [0.4, 0.5) is 20.2 Å². The minimum absolute atomic E-state index is 0.0512. The molecule has 0 saturated heterocycles. The van der Waals surface area contributed by atoms with Crippen LogP contribution >= 0.6 is 0 Å². The fourth-order valence-corrected chi connectivity index (χ4v) is 3.06. The van der Waals surface area contributed by atoms with Crippen molar-refractivity contribution >= 4 is 34.2 Å². The number of carbonyl (C=O) groups excluding carboxylic acids is 2. The topological polar surface area (TPSA) is 71.3 Å². The highest BCUT2D eigenvalue weighted by molar-refractivity contribution is 6.16. The van der Waals surface area contributed by atoms with E-state index in [4.69, 9.17) is 4.42 Å². The van der Waals surface area contributed by atoms with E-state index in [1.54, 1.807) is 42.5 Å². The largest absolute Gasteiger partial charge is 0.449 e. The highest BCUT2D eigenvalue weighted by Gasteiger charge is 2.23. The highest BCUT2D eigenvalue weighted by atomic mass is 19.2. The van der Waals surface area contributed by atoms with Crippen LogP contribution in [-0.2, 0) is 0 Å². The molecule has 0 atom stereocenters. The number of benzene rings is 3. The predicted molar refractivity (Wildman–Crippen MR) is 110 cm³/mol. The average Bonchev–Trinajstić information content (AvgIpc) is 3.09. The zero-order chi connectivity index (χ0) is 21.3. The molecule has 0 saturated carbocycles. The van der Waals surface area contributed by atoms with Crippen molar-refractivity contribution in [2.45, 2.75) is 6.92 Å². The number of hydrogen-bond acceptors (Lipinski definition) is 3. The molecule has 0 unspecified atom stereocenters. The van der Waals surface area contributed by atoms with Gasteiger partial charge in [-0.1, -0.05) is 29.8 Å². The molecule has 0 spiro atoms. The van der Waals surface area contributed by atoms with Crippen LogP contribution in [0.25, 0.3) is 11.0 Å². The van der Waals surface area contributed by atoms with Crippen LogP contribution < -0.4 is 10.6 Å². The summed E-state index contributed by atoms with van der Waals surface area (Å²) >= 11 is 0. The lowest BCUT2D eigenvalue weighted by molar-refractivity contribution is 0.0999. The van der Waals surface area contributed by atoms with E-state index in [-0.39, 0.29) is 17.1 Å². The Bertz CT molecular complexity index is 1280. The van der Waals surface area contributed by atoms with Crippen LogP contribution in [0, 0.1) is 18.6 Å². The van der Waals surface area contributed by atoms with Gasteiger partial charge in [-0.2, -0.15) is 0 Å². The van der Waals surface area contributed by atoms with Crippen molar-refractivity contribution in [1.29, 1.82) is 0 Å². The molecule has 7 heteroatoms. The van der Waals surface area contributed by atoms with Crippen molar-refractivity contribution in [3.8, 4) is 0 Å². The Kier molecular flexibility index (Phi) is 5.02. The van der Waals surface area contributed by atoms with Gasteiger partial charge in [-0.05, 0) is 43.3 Å². The summed E-state index contributed by atoms with van der Waals surface area (Å²) in [6.45, 7) is 1.87. The van der Waals surface area contributed by atoms with Crippen molar-refractivity contribution in [2.24, 2.45) is 0 Å². The van der Waals surface area contributed by atoms with Gasteiger partial charge in [0, 0.05) is 22.7 Å². The lowest BCUT2D eigenvalue weighted by atomic mass is 10.1. The normalized spacial score (nSPS) is 10.8. The number of aryl methyl sites for hydroxylation is 1. The number of furan rings is 1. The molecule has 4 aromatic rings. The monoisotopic (exact) mass is 406 g/mol. The van der Waals surface area contributed by atoms with Gasteiger partial charge in [0.1, 0.15) is 11.3 Å². The van der Waals surface area contributed by atoms with Gasteiger partial charge >= 0.3 is 0 Å². The van der Waals surface area contributed by atoms with Crippen molar-refractivity contribution in [3.05, 3.63) is 95.3 Å². The second-order valence-electron chi connectivity index (χ2n) is 6.71. The molecule has 2 amide bonds. The Balaban J connectivity index is 1.70. The standard InChI is InChI=1S/C23H16F2N2O3/c1-13-5-4-6-14(11-13)22(28)27-20-16-7-2-3-8-19(16)30-21(20)23(29)26-15-9-10-17(24)18(25)12-15/h2-12H,1H3,(H,26,29)(H,27,28). The predicted octanol–water partition coefficient (Wildman–Crippen LogP) is 5.52. The third-order valence-electron chi connectivity index (χ3n) is 4.50. The number of carbonyl (C=O) groups is 2. The van der Waals surface area contributed by atoms with E-state index in [0.29, 0.717) is 16.5 Å². The quantitative estimate of drug-likeness (QED) is 0.469. The molecule has 1 heterocycles. The van der Waals surface area contributed by atoms with Crippen LogP contribution in [-0.4, -0.2) is 11.8 Å². The van der Waals surface area contributed by atoms with Crippen LogP contribution in [0.5, 0.6) is 0 Å². The summed E-state index contributed by atoms with van der Waals surface area (Å²) in [4.78, 5) is 25.5. The van der Waals surface area contributed by atoms with E-state index in [1.807, 2.05) is 13.0 Å². The Morgan fingerprint density at radius 2 is 1.63 bits per heavy atom. The molecule has 3 aromatic carbocycles. The van der Waals surface area contributed by atoms with Gasteiger partial charge in [0.25, 0.3) is 11.8 Å². The van der Waals surface area contributed by atoms with E-state index in [2.05, 4.69) is 10.6 Å². The molecule has 1 aromatic heterocycles. The molecule has 0 radical (unpaired) electrons. The molecule has 0 aliphatic rings. The zero-order valence-corrected chi connectivity index (χ0v) is 15.8. The summed E-state index contributed by atoms with van der Waals surface area (Å²) < 4.78 is 32.3. The van der Waals surface area contributed by atoms with Crippen LogP contribution in [0.1, 0.15) is 26.5 Å². The highest BCUT2D eigenvalue weighted by Crippen LogP contribution is 2.32. The molecule has 2 N–H and O–H groups in total. The number of para-hydroxylation sites is 1. The van der Waals surface area contributed by atoms with E-state index in [1.165, 1.54) is 6.07 Å². The Labute approximate surface area is 170 Å². The number of nitrogens with one attached hydrogen (secondary N) is 2. The third-order valence-corrected chi connectivity index (χ3v) is 4.50. The fourth-order valence-electron chi connectivity index (χ4n) is 3.06. The maximum Gasteiger partial charge on any atom is 0.293 e. The fraction of sp³-hybridized carbons (Fsp3) is 0.0435. The molecule has 0 fully saturated rings. The van der Waals surface area contributed by atoms with Crippen molar-refractivity contribution in [3.63, 3.8) is 0 Å². The summed E-state index contributed by atoms with van der Waals surface area (Å²) in [5, 5.41) is 5.73. The maximum absolute atomic E-state index is 13.5. The lowest BCUT2D eigenvalue weighted by Gasteiger charge is -2.08. The minimum Gasteiger partial charge on any atom is -0.449 e. The van der Waals surface area contributed by atoms with Crippen LogP contribution in [0.3, 0.4) is 0 Å². The molecule has 150 valence electrons. The average molecular weight is 406 g/mol. The Hall–Kier alpha value is -4.00. The number of amides is 2. The molecular weight excluding hydrogens is 390 g/mol. The Morgan fingerprint density at radius 3 is 2.40 bits per heavy atom. The summed E-state index contributed by atoms with van der Waals surface area (Å²) in [5.41, 5.74) is 1.98. The number of fused-ring (bicyclic) bond motifs is 1. The zero-order valence-electron chi connectivity index (χ0n) is 15.8. The maximum atomic E-state index is 13.5. The summed E-state index contributed by atoms with van der Waals surface area (Å²) in [6.07, 6.45) is 0. The van der Waals surface area contributed by atoms with Gasteiger partial charge in [0.05, 0.1) is 0 Å². The van der Waals surface area contributed by atoms with E-state index in [9.17, 15) is 18.4 Å². The Morgan fingerprint density at radius 1 is 0.833 bits per heavy atom. The van der Waals surface area contributed by atoms with Crippen molar-refractivity contribution in [1.82, 2.24) is 0 Å². The summed E-state index contributed by atoms with van der Waals surface area (Å²) in [7, 11) is 0.